The Morgan fingerprint density at radius 3 is 2.62 bits per heavy atom. The Morgan fingerprint density at radius 2 is 1.88 bits per heavy atom. The third-order valence-electron chi connectivity index (χ3n) is 4.46. The van der Waals surface area contributed by atoms with Gasteiger partial charge >= 0.3 is 0 Å². The van der Waals surface area contributed by atoms with Gasteiger partial charge in [-0.15, -0.1) is 0 Å². The molecule has 1 heterocycles. The van der Waals surface area contributed by atoms with Gasteiger partial charge in [-0.25, -0.2) is 14.4 Å². The maximum atomic E-state index is 13.5. The summed E-state index contributed by atoms with van der Waals surface area (Å²) in [4.78, 5) is 20.5. The number of ether oxygens (including phenoxy) is 3. The summed E-state index contributed by atoms with van der Waals surface area (Å²) in [5.74, 6) is -0.132. The van der Waals surface area contributed by atoms with Crippen molar-refractivity contribution in [3.05, 3.63) is 60.2 Å². The summed E-state index contributed by atoms with van der Waals surface area (Å²) in [6.07, 6.45) is 2.52. The van der Waals surface area contributed by atoms with E-state index in [9.17, 15) is 9.18 Å². The van der Waals surface area contributed by atoms with Crippen LogP contribution in [0.4, 0.5) is 21.6 Å². The Kier molecular flexibility index (Phi) is 9.53. The van der Waals surface area contributed by atoms with E-state index in [-0.39, 0.29) is 31.5 Å². The van der Waals surface area contributed by atoms with Crippen LogP contribution in [-0.2, 0) is 14.3 Å². The lowest BCUT2D eigenvalue weighted by molar-refractivity contribution is -0.111. The molecule has 1 aromatic heterocycles. The Hall–Kier alpha value is -3.31. The molecule has 3 N–H and O–H groups in total. The van der Waals surface area contributed by atoms with Crippen LogP contribution in [0.2, 0.25) is 5.02 Å². The van der Waals surface area contributed by atoms with Gasteiger partial charge in [0.25, 0.3) is 0 Å². The van der Waals surface area contributed by atoms with Gasteiger partial charge in [-0.05, 0) is 30.3 Å². The summed E-state index contributed by atoms with van der Waals surface area (Å²) in [7, 11) is 0. The third-order valence-corrected chi connectivity index (χ3v) is 4.74. The smallest absolute Gasteiger partial charge is 0.247 e. The minimum absolute atomic E-state index is 0.0276. The monoisotopic (exact) mass is 490 g/mol. The summed E-state index contributed by atoms with van der Waals surface area (Å²) in [5.41, 5.74) is 1.47. The minimum atomic E-state index is -0.530. The SMILES string of the molecule is C=CC(=O)Nc1cc2c(Nc3ccc(F)c(Cl)c3)ncnc2cc1OCCOCCOCCO. The van der Waals surface area contributed by atoms with E-state index in [1.807, 2.05) is 0 Å². The fraction of sp³-hybridized carbons (Fsp3) is 0.261. The molecule has 0 bridgehead atoms. The topological polar surface area (TPSA) is 115 Å². The summed E-state index contributed by atoms with van der Waals surface area (Å²) >= 11 is 5.87. The van der Waals surface area contributed by atoms with Gasteiger partial charge in [0, 0.05) is 17.1 Å². The summed E-state index contributed by atoms with van der Waals surface area (Å²) in [5, 5.41) is 15.0. The van der Waals surface area contributed by atoms with Crippen molar-refractivity contribution in [1.82, 2.24) is 9.97 Å². The van der Waals surface area contributed by atoms with Crippen LogP contribution in [0.1, 0.15) is 0 Å². The van der Waals surface area contributed by atoms with Crippen LogP contribution in [0.3, 0.4) is 0 Å². The molecule has 0 saturated heterocycles. The normalized spacial score (nSPS) is 10.8. The van der Waals surface area contributed by atoms with Crippen LogP contribution in [0.5, 0.6) is 5.75 Å². The highest BCUT2D eigenvalue weighted by atomic mass is 35.5. The Bertz CT molecular complexity index is 1150. The number of hydrogen-bond donors (Lipinski definition) is 3. The van der Waals surface area contributed by atoms with E-state index in [1.54, 1.807) is 12.1 Å². The highest BCUT2D eigenvalue weighted by Gasteiger charge is 2.13. The molecule has 0 aliphatic carbocycles. The maximum absolute atomic E-state index is 13.5. The fourth-order valence-electron chi connectivity index (χ4n) is 2.89. The number of halogens is 2. The van der Waals surface area contributed by atoms with E-state index in [0.717, 1.165) is 6.08 Å². The van der Waals surface area contributed by atoms with Crippen molar-refractivity contribution in [2.75, 3.05) is 50.3 Å². The lowest BCUT2D eigenvalue weighted by atomic mass is 10.1. The molecule has 0 aliphatic rings. The Balaban J connectivity index is 1.78. The van der Waals surface area contributed by atoms with Crippen LogP contribution >= 0.6 is 11.6 Å². The molecule has 180 valence electrons. The maximum Gasteiger partial charge on any atom is 0.247 e. The number of aliphatic hydroxyl groups is 1. The number of amides is 1. The van der Waals surface area contributed by atoms with Crippen LogP contribution in [0.25, 0.3) is 10.9 Å². The van der Waals surface area contributed by atoms with E-state index >= 15 is 0 Å². The quantitative estimate of drug-likeness (QED) is 0.245. The first-order chi connectivity index (χ1) is 16.5. The van der Waals surface area contributed by atoms with E-state index < -0.39 is 11.7 Å². The van der Waals surface area contributed by atoms with Crippen LogP contribution in [0.15, 0.2) is 49.3 Å². The molecule has 0 radical (unpaired) electrons. The highest BCUT2D eigenvalue weighted by Crippen LogP contribution is 2.33. The van der Waals surface area contributed by atoms with Crippen molar-refractivity contribution in [1.29, 1.82) is 0 Å². The number of aromatic nitrogens is 2. The molecule has 0 fully saturated rings. The van der Waals surface area contributed by atoms with Gasteiger partial charge in [0.2, 0.25) is 5.91 Å². The van der Waals surface area contributed by atoms with E-state index in [1.165, 1.54) is 24.5 Å². The zero-order chi connectivity index (χ0) is 24.3. The number of carbonyl (C=O) groups is 1. The van der Waals surface area contributed by atoms with Crippen molar-refractivity contribution in [3.63, 3.8) is 0 Å². The molecule has 11 heteroatoms. The van der Waals surface area contributed by atoms with Crippen molar-refractivity contribution in [2.24, 2.45) is 0 Å². The first kappa shape index (κ1) is 25.3. The van der Waals surface area contributed by atoms with Gasteiger partial charge in [-0.3, -0.25) is 4.79 Å². The first-order valence-electron chi connectivity index (χ1n) is 10.3. The number of anilines is 3. The number of nitrogens with one attached hydrogen (secondary N) is 2. The zero-order valence-corrected chi connectivity index (χ0v) is 19.0. The second-order valence-corrected chi connectivity index (χ2v) is 7.24. The van der Waals surface area contributed by atoms with E-state index in [2.05, 4.69) is 27.2 Å². The molecular formula is C23H24ClFN4O5. The number of hydrogen-bond acceptors (Lipinski definition) is 8. The van der Waals surface area contributed by atoms with Gasteiger partial charge in [-0.2, -0.15) is 0 Å². The first-order valence-corrected chi connectivity index (χ1v) is 10.7. The Labute approximate surface area is 200 Å². The molecule has 1 amide bonds. The lowest BCUT2D eigenvalue weighted by Crippen LogP contribution is -2.14. The van der Waals surface area contributed by atoms with Crippen LogP contribution in [0, 0.1) is 5.82 Å². The largest absolute Gasteiger partial charge is 0.489 e. The molecule has 2 aromatic carbocycles. The predicted molar refractivity (Wildman–Crippen MR) is 127 cm³/mol. The van der Waals surface area contributed by atoms with Gasteiger partial charge in [0.05, 0.1) is 49.3 Å². The predicted octanol–water partition coefficient (Wildman–Crippen LogP) is 3.69. The summed E-state index contributed by atoms with van der Waals surface area (Å²) in [6.45, 7) is 4.92. The summed E-state index contributed by atoms with van der Waals surface area (Å²) < 4.78 is 29.8. The van der Waals surface area contributed by atoms with Gasteiger partial charge in [0.1, 0.15) is 30.3 Å². The van der Waals surface area contributed by atoms with Crippen LogP contribution < -0.4 is 15.4 Å². The number of aliphatic hydroxyl groups excluding tert-OH is 1. The molecule has 3 rings (SSSR count). The number of rotatable bonds is 13. The molecule has 3 aromatic rings. The van der Waals surface area contributed by atoms with E-state index in [4.69, 9.17) is 30.9 Å². The standard InChI is InChI=1S/C23H24ClFN4O5/c1-2-22(31)29-20-12-16-19(13-21(20)34-10-9-33-8-7-32-6-5-30)26-14-27-23(16)28-15-3-4-18(25)17(24)11-15/h2-4,11-14,30H,1,5-10H2,(H,29,31)(H,26,27,28). The number of benzene rings is 2. The van der Waals surface area contributed by atoms with Crippen LogP contribution in [-0.4, -0.2) is 60.6 Å². The molecule has 0 unspecified atom stereocenters. The molecule has 34 heavy (non-hydrogen) atoms. The number of fused-ring (bicyclic) bond motifs is 1. The molecule has 0 aliphatic heterocycles. The molecule has 0 atom stereocenters. The average molecular weight is 491 g/mol. The second-order valence-electron chi connectivity index (χ2n) is 6.83. The molecule has 9 nitrogen and oxygen atoms in total. The van der Waals surface area contributed by atoms with Gasteiger partial charge < -0.3 is 30.0 Å². The second kappa shape index (κ2) is 12.8. The van der Waals surface area contributed by atoms with Crippen molar-refractivity contribution in [2.45, 2.75) is 0 Å². The number of carbonyl (C=O) groups excluding carboxylic acids is 1. The fourth-order valence-corrected chi connectivity index (χ4v) is 3.07. The highest BCUT2D eigenvalue weighted by molar-refractivity contribution is 6.31. The molecule has 0 saturated carbocycles. The van der Waals surface area contributed by atoms with Crippen molar-refractivity contribution in [3.8, 4) is 5.75 Å². The molecule has 0 spiro atoms. The van der Waals surface area contributed by atoms with E-state index in [0.29, 0.717) is 47.1 Å². The Morgan fingerprint density at radius 1 is 1.12 bits per heavy atom. The van der Waals surface area contributed by atoms with Gasteiger partial charge in [-0.1, -0.05) is 18.2 Å². The summed E-state index contributed by atoms with van der Waals surface area (Å²) in [6, 6.07) is 7.56. The number of nitrogens with zero attached hydrogens (tertiary/aromatic N) is 2. The third kappa shape index (κ3) is 7.09. The van der Waals surface area contributed by atoms with Crippen molar-refractivity contribution < 1.29 is 28.5 Å². The van der Waals surface area contributed by atoms with Crippen molar-refractivity contribution >= 4 is 45.6 Å². The average Bonchev–Trinajstić information content (AvgIpc) is 2.83. The van der Waals surface area contributed by atoms with Gasteiger partial charge in [0.15, 0.2) is 0 Å². The zero-order valence-electron chi connectivity index (χ0n) is 18.2. The molecular weight excluding hydrogens is 467 g/mol. The minimum Gasteiger partial charge on any atom is -0.489 e. The lowest BCUT2D eigenvalue weighted by Gasteiger charge is -2.15.